The Labute approximate surface area is 157 Å². The van der Waals surface area contributed by atoms with E-state index in [9.17, 15) is 9.59 Å². The second-order valence-electron chi connectivity index (χ2n) is 7.91. The Kier molecular flexibility index (Phi) is 5.86. The van der Waals surface area contributed by atoms with E-state index < -0.39 is 5.60 Å². The Morgan fingerprint density at radius 3 is 2.52 bits per heavy atom. The summed E-state index contributed by atoms with van der Waals surface area (Å²) in [5, 5.41) is 2.93. The number of carbonyl (C=O) groups excluding carboxylic acids is 1. The maximum absolute atomic E-state index is 11.9. The molecule has 1 saturated carbocycles. The van der Waals surface area contributed by atoms with Crippen LogP contribution >= 0.6 is 15.9 Å². The summed E-state index contributed by atoms with van der Waals surface area (Å²) in [6, 6.07) is 1.58. The van der Waals surface area contributed by atoms with E-state index in [1.807, 2.05) is 27.7 Å². The number of nitrogens with zero attached hydrogens (tertiary/aromatic N) is 1. The third kappa shape index (κ3) is 5.76. The van der Waals surface area contributed by atoms with Gasteiger partial charge in [-0.05, 0) is 69.3 Å². The van der Waals surface area contributed by atoms with E-state index in [4.69, 9.17) is 9.47 Å². The van der Waals surface area contributed by atoms with Gasteiger partial charge in [0.25, 0.3) is 5.56 Å². The molecule has 0 saturated heterocycles. The molecule has 0 aromatic carbocycles. The van der Waals surface area contributed by atoms with Gasteiger partial charge in [0, 0.05) is 25.4 Å². The number of halogens is 1. The SMILES string of the molecule is Cn1cc(Br)c(OC2(C)CCC(NC(=O)OC(C)(C)C)CC2)cc1=O. The first-order valence-corrected chi connectivity index (χ1v) is 9.31. The van der Waals surface area contributed by atoms with Gasteiger partial charge >= 0.3 is 6.09 Å². The second-order valence-corrected chi connectivity index (χ2v) is 8.76. The smallest absolute Gasteiger partial charge is 0.407 e. The van der Waals surface area contributed by atoms with Crippen molar-refractivity contribution >= 4 is 22.0 Å². The van der Waals surface area contributed by atoms with Gasteiger partial charge < -0.3 is 19.4 Å². The topological polar surface area (TPSA) is 69.6 Å². The second kappa shape index (κ2) is 7.40. The van der Waals surface area contributed by atoms with Gasteiger partial charge in [-0.3, -0.25) is 4.79 Å². The molecule has 140 valence electrons. The number of amides is 1. The molecule has 0 bridgehead atoms. The van der Waals surface area contributed by atoms with E-state index in [1.54, 1.807) is 13.2 Å². The summed E-state index contributed by atoms with van der Waals surface area (Å²) < 4.78 is 13.7. The number of alkyl carbamates (subject to hydrolysis) is 1. The number of carbonyl (C=O) groups is 1. The number of hydrogen-bond donors (Lipinski definition) is 1. The molecule has 0 aliphatic heterocycles. The lowest BCUT2D eigenvalue weighted by molar-refractivity contribution is 0.0275. The minimum absolute atomic E-state index is 0.0820. The third-order valence-corrected chi connectivity index (χ3v) is 4.86. The Balaban J connectivity index is 1.93. The molecule has 1 fully saturated rings. The highest BCUT2D eigenvalue weighted by atomic mass is 79.9. The van der Waals surface area contributed by atoms with Crippen LogP contribution in [0.5, 0.6) is 5.75 Å². The van der Waals surface area contributed by atoms with Crippen LogP contribution in [0.2, 0.25) is 0 Å². The molecule has 1 aromatic heterocycles. The molecule has 0 spiro atoms. The molecule has 1 N–H and O–H groups in total. The van der Waals surface area contributed by atoms with Gasteiger partial charge in [0.1, 0.15) is 17.0 Å². The Bertz CT molecular complexity index is 685. The first-order valence-electron chi connectivity index (χ1n) is 8.52. The van der Waals surface area contributed by atoms with Gasteiger partial charge in [0.15, 0.2) is 0 Å². The average molecular weight is 415 g/mol. The van der Waals surface area contributed by atoms with E-state index in [-0.39, 0.29) is 23.3 Å². The van der Waals surface area contributed by atoms with Crippen LogP contribution in [0.1, 0.15) is 53.4 Å². The summed E-state index contributed by atoms with van der Waals surface area (Å²) in [5.74, 6) is 0.559. The Hall–Kier alpha value is -1.50. The van der Waals surface area contributed by atoms with Crippen LogP contribution in [0, 0.1) is 0 Å². The average Bonchev–Trinajstić information content (AvgIpc) is 2.45. The minimum atomic E-state index is -0.498. The number of aromatic nitrogens is 1. The highest BCUT2D eigenvalue weighted by molar-refractivity contribution is 9.10. The number of pyridine rings is 1. The van der Waals surface area contributed by atoms with Crippen molar-refractivity contribution < 1.29 is 14.3 Å². The van der Waals surface area contributed by atoms with Crippen molar-refractivity contribution in [2.75, 3.05) is 0 Å². The summed E-state index contributed by atoms with van der Waals surface area (Å²) in [6.07, 6.45) is 4.51. The van der Waals surface area contributed by atoms with Crippen LogP contribution in [0.4, 0.5) is 4.79 Å². The van der Waals surface area contributed by atoms with E-state index in [1.165, 1.54) is 10.6 Å². The fraction of sp³-hybridized carbons (Fsp3) is 0.667. The molecule has 25 heavy (non-hydrogen) atoms. The van der Waals surface area contributed by atoms with Crippen molar-refractivity contribution in [1.82, 2.24) is 9.88 Å². The zero-order chi connectivity index (χ0) is 18.8. The van der Waals surface area contributed by atoms with Crippen LogP contribution in [0.15, 0.2) is 21.5 Å². The molecule has 1 heterocycles. The van der Waals surface area contributed by atoms with Crippen molar-refractivity contribution in [3.05, 3.63) is 27.1 Å². The fourth-order valence-corrected chi connectivity index (χ4v) is 3.38. The lowest BCUT2D eigenvalue weighted by Gasteiger charge is -2.38. The summed E-state index contributed by atoms with van der Waals surface area (Å²) in [7, 11) is 1.70. The van der Waals surface area contributed by atoms with Gasteiger partial charge in [-0.1, -0.05) is 0 Å². The monoisotopic (exact) mass is 414 g/mol. The third-order valence-electron chi connectivity index (χ3n) is 4.27. The molecule has 0 unspecified atom stereocenters. The highest BCUT2D eigenvalue weighted by Gasteiger charge is 2.34. The standard InChI is InChI=1S/C18H27BrN2O4/c1-17(2,3)25-16(23)20-12-6-8-18(4,9-7-12)24-14-10-15(22)21(5)11-13(14)19/h10-12H,6-9H2,1-5H3,(H,20,23). The molecule has 1 aromatic rings. The lowest BCUT2D eigenvalue weighted by Crippen LogP contribution is -2.46. The molecule has 0 radical (unpaired) electrons. The van der Waals surface area contributed by atoms with E-state index >= 15 is 0 Å². The zero-order valence-corrected chi connectivity index (χ0v) is 17.1. The maximum Gasteiger partial charge on any atom is 0.407 e. The largest absolute Gasteiger partial charge is 0.486 e. The van der Waals surface area contributed by atoms with Gasteiger partial charge in [0.05, 0.1) is 4.47 Å². The molecule has 7 heteroatoms. The Morgan fingerprint density at radius 2 is 1.96 bits per heavy atom. The van der Waals surface area contributed by atoms with Crippen molar-refractivity contribution in [3.63, 3.8) is 0 Å². The molecular formula is C18H27BrN2O4. The number of hydrogen-bond acceptors (Lipinski definition) is 4. The first-order chi connectivity index (χ1) is 11.5. The molecule has 1 aliphatic rings. The first kappa shape index (κ1) is 19.8. The van der Waals surface area contributed by atoms with Crippen molar-refractivity contribution in [2.24, 2.45) is 7.05 Å². The maximum atomic E-state index is 11.9. The van der Waals surface area contributed by atoms with E-state index in [2.05, 4.69) is 21.2 Å². The highest BCUT2D eigenvalue weighted by Crippen LogP contribution is 2.35. The van der Waals surface area contributed by atoms with E-state index in [0.29, 0.717) is 5.75 Å². The fourth-order valence-electron chi connectivity index (χ4n) is 2.87. The lowest BCUT2D eigenvalue weighted by atomic mass is 9.83. The minimum Gasteiger partial charge on any atom is -0.486 e. The molecule has 1 aliphatic carbocycles. The summed E-state index contributed by atoms with van der Waals surface area (Å²) in [4.78, 5) is 23.7. The van der Waals surface area contributed by atoms with Gasteiger partial charge in [-0.15, -0.1) is 0 Å². The van der Waals surface area contributed by atoms with Gasteiger partial charge in [-0.25, -0.2) is 4.79 Å². The van der Waals surface area contributed by atoms with Crippen molar-refractivity contribution in [3.8, 4) is 5.75 Å². The van der Waals surface area contributed by atoms with Crippen LogP contribution in [-0.4, -0.2) is 27.9 Å². The quantitative estimate of drug-likeness (QED) is 0.817. The zero-order valence-electron chi connectivity index (χ0n) is 15.5. The summed E-state index contributed by atoms with van der Waals surface area (Å²) in [6.45, 7) is 7.58. The van der Waals surface area contributed by atoms with Crippen molar-refractivity contribution in [1.29, 1.82) is 0 Å². The van der Waals surface area contributed by atoms with Crippen LogP contribution in [0.25, 0.3) is 0 Å². The van der Waals surface area contributed by atoms with Crippen molar-refractivity contribution in [2.45, 2.75) is 70.6 Å². The number of nitrogens with one attached hydrogen (secondary N) is 1. The molecular weight excluding hydrogens is 388 g/mol. The number of rotatable bonds is 3. The predicted octanol–water partition coefficient (Wildman–Crippen LogP) is 3.75. The molecule has 6 nitrogen and oxygen atoms in total. The van der Waals surface area contributed by atoms with Crippen LogP contribution in [-0.2, 0) is 11.8 Å². The van der Waals surface area contributed by atoms with Crippen LogP contribution in [0.3, 0.4) is 0 Å². The molecule has 2 rings (SSSR count). The molecule has 0 atom stereocenters. The predicted molar refractivity (Wildman–Crippen MR) is 100 cm³/mol. The van der Waals surface area contributed by atoms with Gasteiger partial charge in [-0.2, -0.15) is 0 Å². The molecule has 1 amide bonds. The summed E-state index contributed by atoms with van der Waals surface area (Å²) >= 11 is 3.45. The Morgan fingerprint density at radius 1 is 1.36 bits per heavy atom. The normalized spacial score (nSPS) is 23.8. The van der Waals surface area contributed by atoms with Crippen LogP contribution < -0.4 is 15.6 Å². The number of aryl methyl sites for hydroxylation is 1. The van der Waals surface area contributed by atoms with Gasteiger partial charge in [0.2, 0.25) is 0 Å². The number of ether oxygens (including phenoxy) is 2. The van der Waals surface area contributed by atoms with E-state index in [0.717, 1.165) is 30.2 Å². The summed E-state index contributed by atoms with van der Waals surface area (Å²) in [5.41, 5.74) is -0.967.